The lowest BCUT2D eigenvalue weighted by Gasteiger charge is -2.17. The number of aromatic nitrogens is 1. The van der Waals surface area contributed by atoms with Crippen LogP contribution in [-0.4, -0.2) is 23.5 Å². The van der Waals surface area contributed by atoms with Gasteiger partial charge in [0.05, 0.1) is 0 Å². The molecule has 0 aliphatic carbocycles. The quantitative estimate of drug-likeness (QED) is 0.831. The average Bonchev–Trinajstić information content (AvgIpc) is 2.48. The summed E-state index contributed by atoms with van der Waals surface area (Å²) < 4.78 is 0. The van der Waals surface area contributed by atoms with Gasteiger partial charge in [-0.15, -0.1) is 0 Å². The van der Waals surface area contributed by atoms with E-state index in [4.69, 9.17) is 11.6 Å². The lowest BCUT2D eigenvalue weighted by molar-refractivity contribution is 0.319. The van der Waals surface area contributed by atoms with Crippen LogP contribution in [0.4, 0.5) is 5.82 Å². The highest BCUT2D eigenvalue weighted by Crippen LogP contribution is 2.13. The second-order valence-corrected chi connectivity index (χ2v) is 5.71. The van der Waals surface area contributed by atoms with Gasteiger partial charge in [0, 0.05) is 30.9 Å². The van der Waals surface area contributed by atoms with Crippen LogP contribution in [0.1, 0.15) is 24.5 Å². The van der Waals surface area contributed by atoms with Crippen LogP contribution in [0.15, 0.2) is 42.6 Å². The lowest BCUT2D eigenvalue weighted by atomic mass is 10.2. The van der Waals surface area contributed by atoms with Gasteiger partial charge in [-0.25, -0.2) is 4.98 Å². The van der Waals surface area contributed by atoms with Crippen LogP contribution in [-0.2, 0) is 13.1 Å². The van der Waals surface area contributed by atoms with Crippen molar-refractivity contribution >= 4 is 17.4 Å². The second-order valence-electron chi connectivity index (χ2n) is 5.27. The van der Waals surface area contributed by atoms with Crippen molar-refractivity contribution < 1.29 is 0 Å². The van der Waals surface area contributed by atoms with E-state index in [-0.39, 0.29) is 0 Å². The SMILES string of the molecule is CCCNc1cc(CN(C)Cc2ccc(Cl)cc2)ccn1. The van der Waals surface area contributed by atoms with Crippen LogP contribution in [0, 0.1) is 0 Å². The predicted octanol–water partition coefficient (Wildman–Crippen LogP) is 4.19. The van der Waals surface area contributed by atoms with Crippen molar-refractivity contribution in [1.82, 2.24) is 9.88 Å². The Balaban J connectivity index is 1.92. The molecule has 1 heterocycles. The molecule has 0 amide bonds. The summed E-state index contributed by atoms with van der Waals surface area (Å²) >= 11 is 5.91. The zero-order valence-corrected chi connectivity index (χ0v) is 13.4. The zero-order chi connectivity index (χ0) is 15.1. The minimum Gasteiger partial charge on any atom is -0.370 e. The van der Waals surface area contributed by atoms with Crippen LogP contribution in [0.25, 0.3) is 0 Å². The van der Waals surface area contributed by atoms with Crippen molar-refractivity contribution in [3.05, 3.63) is 58.7 Å². The smallest absolute Gasteiger partial charge is 0.126 e. The molecule has 1 N–H and O–H groups in total. The molecule has 0 radical (unpaired) electrons. The molecule has 2 aromatic rings. The first-order valence-electron chi connectivity index (χ1n) is 7.29. The third kappa shape index (κ3) is 5.37. The first-order chi connectivity index (χ1) is 10.2. The van der Waals surface area contributed by atoms with E-state index in [2.05, 4.69) is 53.4 Å². The number of nitrogens with one attached hydrogen (secondary N) is 1. The number of nitrogens with zero attached hydrogens (tertiary/aromatic N) is 2. The average molecular weight is 304 g/mol. The molecule has 0 fully saturated rings. The Morgan fingerprint density at radius 2 is 1.81 bits per heavy atom. The van der Waals surface area contributed by atoms with Crippen molar-refractivity contribution in [3.8, 4) is 0 Å². The number of hydrogen-bond acceptors (Lipinski definition) is 3. The molecule has 0 aliphatic rings. The Hall–Kier alpha value is -1.58. The molecule has 1 aromatic heterocycles. The Kier molecular flexibility index (Phi) is 6.03. The van der Waals surface area contributed by atoms with Crippen molar-refractivity contribution in [3.63, 3.8) is 0 Å². The van der Waals surface area contributed by atoms with Crippen LogP contribution in [0.3, 0.4) is 0 Å². The fourth-order valence-corrected chi connectivity index (χ4v) is 2.32. The number of halogens is 1. The van der Waals surface area contributed by atoms with E-state index in [0.717, 1.165) is 36.9 Å². The van der Waals surface area contributed by atoms with Crippen molar-refractivity contribution in [2.45, 2.75) is 26.4 Å². The predicted molar refractivity (Wildman–Crippen MR) is 89.6 cm³/mol. The molecule has 0 atom stereocenters. The first-order valence-corrected chi connectivity index (χ1v) is 7.67. The number of rotatable bonds is 7. The summed E-state index contributed by atoms with van der Waals surface area (Å²) in [6, 6.07) is 12.2. The standard InChI is InChI=1S/C17H22ClN3/c1-3-9-19-17-11-15(8-10-20-17)13-21(2)12-14-4-6-16(18)7-5-14/h4-8,10-11H,3,9,12-13H2,1-2H3,(H,19,20). The molecule has 2 rings (SSSR count). The Morgan fingerprint density at radius 1 is 1.10 bits per heavy atom. The summed E-state index contributed by atoms with van der Waals surface area (Å²) in [5.41, 5.74) is 2.53. The maximum Gasteiger partial charge on any atom is 0.126 e. The molecule has 4 heteroatoms. The third-order valence-corrected chi connectivity index (χ3v) is 3.45. The van der Waals surface area contributed by atoms with E-state index in [1.165, 1.54) is 11.1 Å². The van der Waals surface area contributed by atoms with Gasteiger partial charge in [-0.1, -0.05) is 30.7 Å². The summed E-state index contributed by atoms with van der Waals surface area (Å²) in [5, 5.41) is 4.10. The van der Waals surface area contributed by atoms with Gasteiger partial charge in [0.1, 0.15) is 5.82 Å². The Bertz CT molecular complexity index is 554. The zero-order valence-electron chi connectivity index (χ0n) is 12.6. The molecule has 3 nitrogen and oxygen atoms in total. The van der Waals surface area contributed by atoms with E-state index in [9.17, 15) is 0 Å². The van der Waals surface area contributed by atoms with Gasteiger partial charge in [0.15, 0.2) is 0 Å². The summed E-state index contributed by atoms with van der Waals surface area (Å²) in [6.07, 6.45) is 2.96. The van der Waals surface area contributed by atoms with Gasteiger partial charge in [-0.2, -0.15) is 0 Å². The maximum atomic E-state index is 5.91. The molecular weight excluding hydrogens is 282 g/mol. The van der Waals surface area contributed by atoms with Gasteiger partial charge in [-0.3, -0.25) is 4.90 Å². The number of anilines is 1. The molecule has 21 heavy (non-hydrogen) atoms. The first kappa shape index (κ1) is 15.8. The summed E-state index contributed by atoms with van der Waals surface area (Å²) in [6.45, 7) is 4.90. The summed E-state index contributed by atoms with van der Waals surface area (Å²) in [5.74, 6) is 0.953. The van der Waals surface area contributed by atoms with Gasteiger partial charge >= 0.3 is 0 Å². The Morgan fingerprint density at radius 3 is 2.52 bits per heavy atom. The number of hydrogen-bond donors (Lipinski definition) is 1. The van der Waals surface area contributed by atoms with E-state index >= 15 is 0 Å². The van der Waals surface area contributed by atoms with Crippen molar-refractivity contribution in [1.29, 1.82) is 0 Å². The summed E-state index contributed by atoms with van der Waals surface area (Å²) in [4.78, 5) is 6.61. The maximum absolute atomic E-state index is 5.91. The minimum absolute atomic E-state index is 0.780. The van der Waals surface area contributed by atoms with E-state index in [1.54, 1.807) is 0 Å². The molecule has 0 bridgehead atoms. The van der Waals surface area contributed by atoms with Gasteiger partial charge in [0.2, 0.25) is 0 Å². The fraction of sp³-hybridized carbons (Fsp3) is 0.353. The van der Waals surface area contributed by atoms with Crippen LogP contribution >= 0.6 is 11.6 Å². The molecule has 0 saturated carbocycles. The third-order valence-electron chi connectivity index (χ3n) is 3.20. The van der Waals surface area contributed by atoms with Crippen molar-refractivity contribution in [2.24, 2.45) is 0 Å². The molecule has 1 aromatic carbocycles. The number of benzene rings is 1. The van der Waals surface area contributed by atoms with E-state index < -0.39 is 0 Å². The fourth-order valence-electron chi connectivity index (χ4n) is 2.19. The number of pyridine rings is 1. The van der Waals surface area contributed by atoms with Gasteiger partial charge in [-0.05, 0) is 48.9 Å². The van der Waals surface area contributed by atoms with Crippen LogP contribution in [0.5, 0.6) is 0 Å². The minimum atomic E-state index is 0.780. The molecule has 0 spiro atoms. The highest BCUT2D eigenvalue weighted by molar-refractivity contribution is 6.30. The second kappa shape index (κ2) is 8.01. The normalized spacial score (nSPS) is 10.9. The summed E-state index contributed by atoms with van der Waals surface area (Å²) in [7, 11) is 2.12. The van der Waals surface area contributed by atoms with E-state index in [0.29, 0.717) is 0 Å². The van der Waals surface area contributed by atoms with E-state index in [1.807, 2.05) is 18.3 Å². The van der Waals surface area contributed by atoms with Crippen molar-refractivity contribution in [2.75, 3.05) is 18.9 Å². The van der Waals surface area contributed by atoms with Crippen LogP contribution < -0.4 is 5.32 Å². The monoisotopic (exact) mass is 303 g/mol. The van der Waals surface area contributed by atoms with Gasteiger partial charge in [0.25, 0.3) is 0 Å². The molecule has 112 valence electrons. The Labute approximate surface area is 132 Å². The highest BCUT2D eigenvalue weighted by atomic mass is 35.5. The molecule has 0 aliphatic heterocycles. The van der Waals surface area contributed by atoms with Crippen LogP contribution in [0.2, 0.25) is 5.02 Å². The lowest BCUT2D eigenvalue weighted by Crippen LogP contribution is -2.17. The topological polar surface area (TPSA) is 28.2 Å². The highest BCUT2D eigenvalue weighted by Gasteiger charge is 2.03. The molecule has 0 unspecified atom stereocenters. The van der Waals surface area contributed by atoms with Gasteiger partial charge < -0.3 is 5.32 Å². The molecule has 0 saturated heterocycles. The largest absolute Gasteiger partial charge is 0.370 e. The molecular formula is C17H22ClN3.